The summed E-state index contributed by atoms with van der Waals surface area (Å²) in [7, 11) is 1.98. The molecule has 0 atom stereocenters. The fourth-order valence-corrected chi connectivity index (χ4v) is 3.76. The van der Waals surface area contributed by atoms with Crippen LogP contribution in [0.1, 0.15) is 28.0 Å². The van der Waals surface area contributed by atoms with E-state index in [9.17, 15) is 4.79 Å². The quantitative estimate of drug-likeness (QED) is 0.665. The van der Waals surface area contributed by atoms with Crippen LogP contribution in [0.4, 0.5) is 5.69 Å². The third-order valence-electron chi connectivity index (χ3n) is 4.92. The summed E-state index contributed by atoms with van der Waals surface area (Å²) < 4.78 is 2.03. The van der Waals surface area contributed by atoms with E-state index in [-0.39, 0.29) is 5.91 Å². The van der Waals surface area contributed by atoms with Crippen molar-refractivity contribution in [2.75, 3.05) is 11.4 Å². The first-order chi connectivity index (χ1) is 11.2. The summed E-state index contributed by atoms with van der Waals surface area (Å²) in [6.07, 6.45) is 2.07. The Hall–Kier alpha value is -2.55. The number of hydrogen-bond donors (Lipinski definition) is 0. The number of benzene rings is 2. The molecule has 0 aliphatic carbocycles. The van der Waals surface area contributed by atoms with E-state index < -0.39 is 0 Å². The normalized spacial score (nSPS) is 14.1. The third-order valence-corrected chi connectivity index (χ3v) is 4.92. The largest absolute Gasteiger partial charge is 0.339 e. The lowest BCUT2D eigenvalue weighted by molar-refractivity contribution is 0.0977. The highest BCUT2D eigenvalue weighted by molar-refractivity contribution is 6.10. The van der Waals surface area contributed by atoms with Gasteiger partial charge in [0.15, 0.2) is 0 Å². The summed E-state index contributed by atoms with van der Waals surface area (Å²) in [6.45, 7) is 2.84. The topological polar surface area (TPSA) is 25.2 Å². The van der Waals surface area contributed by atoms with Crippen LogP contribution >= 0.6 is 0 Å². The lowest BCUT2D eigenvalue weighted by atomic mass is 10.0. The van der Waals surface area contributed by atoms with Crippen molar-refractivity contribution in [3.05, 3.63) is 65.4 Å². The van der Waals surface area contributed by atoms with E-state index in [0.717, 1.165) is 47.2 Å². The molecular weight excluding hydrogens is 284 g/mol. The van der Waals surface area contributed by atoms with Crippen molar-refractivity contribution in [1.29, 1.82) is 0 Å². The molecule has 1 aromatic heterocycles. The van der Waals surface area contributed by atoms with Crippen LogP contribution in [0.5, 0.6) is 0 Å². The molecule has 0 saturated carbocycles. The third kappa shape index (κ3) is 2.07. The number of carbonyl (C=O) groups is 1. The first-order valence-corrected chi connectivity index (χ1v) is 8.12. The first kappa shape index (κ1) is 14.1. The molecule has 0 N–H and O–H groups in total. The van der Waals surface area contributed by atoms with Crippen LogP contribution in [0.3, 0.4) is 0 Å². The molecule has 4 rings (SSSR count). The number of hydrogen-bond acceptors (Lipinski definition) is 1. The number of amides is 1. The minimum atomic E-state index is 0.105. The SMILES string of the molecule is Cc1c(C(=O)N2CCCc3ccccc32)n(C)c2ccccc12. The lowest BCUT2D eigenvalue weighted by Gasteiger charge is -2.29. The highest BCUT2D eigenvalue weighted by atomic mass is 16.2. The van der Waals surface area contributed by atoms with E-state index in [2.05, 4.69) is 30.3 Å². The van der Waals surface area contributed by atoms with E-state index in [4.69, 9.17) is 0 Å². The molecule has 0 unspecified atom stereocenters. The Morgan fingerprint density at radius 1 is 1.04 bits per heavy atom. The van der Waals surface area contributed by atoms with Crippen LogP contribution in [-0.2, 0) is 13.5 Å². The molecule has 1 amide bonds. The smallest absolute Gasteiger partial charge is 0.275 e. The number of aryl methyl sites for hydroxylation is 3. The van der Waals surface area contributed by atoms with Crippen molar-refractivity contribution in [2.24, 2.45) is 7.05 Å². The van der Waals surface area contributed by atoms with E-state index in [1.54, 1.807) is 0 Å². The highest BCUT2D eigenvalue weighted by Gasteiger charge is 2.27. The molecule has 116 valence electrons. The van der Waals surface area contributed by atoms with Gasteiger partial charge in [0.2, 0.25) is 0 Å². The Kier molecular flexibility index (Phi) is 3.22. The maximum atomic E-state index is 13.3. The summed E-state index contributed by atoms with van der Waals surface area (Å²) in [4.78, 5) is 15.2. The van der Waals surface area contributed by atoms with E-state index >= 15 is 0 Å². The Balaban J connectivity index is 1.85. The minimum absolute atomic E-state index is 0.105. The number of nitrogens with zero attached hydrogens (tertiary/aromatic N) is 2. The average molecular weight is 304 g/mol. The van der Waals surface area contributed by atoms with Gasteiger partial charge in [-0.05, 0) is 43.0 Å². The van der Waals surface area contributed by atoms with Crippen molar-refractivity contribution in [3.63, 3.8) is 0 Å². The van der Waals surface area contributed by atoms with E-state index in [1.165, 1.54) is 5.56 Å². The summed E-state index contributed by atoms with van der Waals surface area (Å²) in [5.41, 5.74) is 5.30. The van der Waals surface area contributed by atoms with Gasteiger partial charge in [-0.1, -0.05) is 36.4 Å². The summed E-state index contributed by atoms with van der Waals surface area (Å²) in [5.74, 6) is 0.105. The second kappa shape index (κ2) is 5.27. The van der Waals surface area contributed by atoms with Crippen LogP contribution in [-0.4, -0.2) is 17.0 Å². The number of aromatic nitrogens is 1. The molecule has 3 nitrogen and oxygen atoms in total. The molecule has 3 heteroatoms. The van der Waals surface area contributed by atoms with Crippen molar-refractivity contribution in [1.82, 2.24) is 4.57 Å². The molecule has 0 radical (unpaired) electrons. The molecule has 23 heavy (non-hydrogen) atoms. The van der Waals surface area contributed by atoms with Crippen LogP contribution in [0, 0.1) is 6.92 Å². The fourth-order valence-electron chi connectivity index (χ4n) is 3.76. The minimum Gasteiger partial charge on any atom is -0.339 e. The van der Waals surface area contributed by atoms with Gasteiger partial charge in [-0.25, -0.2) is 0 Å². The standard InChI is InChI=1S/C20H20N2O/c1-14-16-10-4-6-12-18(16)21(2)19(14)20(23)22-13-7-9-15-8-3-5-11-17(15)22/h3-6,8,10-12H,7,9,13H2,1-2H3. The number of fused-ring (bicyclic) bond motifs is 2. The molecule has 0 saturated heterocycles. The van der Waals surface area contributed by atoms with Gasteiger partial charge in [-0.15, -0.1) is 0 Å². The second-order valence-corrected chi connectivity index (χ2v) is 6.24. The Morgan fingerprint density at radius 2 is 1.78 bits per heavy atom. The van der Waals surface area contributed by atoms with Gasteiger partial charge >= 0.3 is 0 Å². The molecule has 0 fully saturated rings. The highest BCUT2D eigenvalue weighted by Crippen LogP contribution is 2.31. The van der Waals surface area contributed by atoms with Crippen LogP contribution in [0.15, 0.2) is 48.5 Å². The summed E-state index contributed by atoms with van der Waals surface area (Å²) >= 11 is 0. The summed E-state index contributed by atoms with van der Waals surface area (Å²) in [5, 5.41) is 1.16. The van der Waals surface area contributed by atoms with E-state index in [0.29, 0.717) is 0 Å². The monoisotopic (exact) mass is 304 g/mol. The van der Waals surface area contributed by atoms with Crippen molar-refractivity contribution in [2.45, 2.75) is 19.8 Å². The molecule has 3 aromatic rings. The molecule has 1 aliphatic heterocycles. The van der Waals surface area contributed by atoms with Crippen LogP contribution in [0.25, 0.3) is 10.9 Å². The molecule has 2 aromatic carbocycles. The molecule has 0 spiro atoms. The van der Waals surface area contributed by atoms with Gasteiger partial charge in [-0.2, -0.15) is 0 Å². The van der Waals surface area contributed by atoms with Crippen LogP contribution in [0.2, 0.25) is 0 Å². The number of para-hydroxylation sites is 2. The molecular formula is C20H20N2O. The molecule has 2 heterocycles. The van der Waals surface area contributed by atoms with Gasteiger partial charge in [0, 0.05) is 30.2 Å². The van der Waals surface area contributed by atoms with Crippen LogP contribution < -0.4 is 4.90 Å². The summed E-state index contributed by atoms with van der Waals surface area (Å²) in [6, 6.07) is 16.5. The molecule has 1 aliphatic rings. The Bertz CT molecular complexity index is 868. The zero-order valence-corrected chi connectivity index (χ0v) is 13.5. The van der Waals surface area contributed by atoms with Crippen molar-refractivity contribution < 1.29 is 4.79 Å². The Labute approximate surface area is 136 Å². The zero-order chi connectivity index (χ0) is 16.0. The Morgan fingerprint density at radius 3 is 2.61 bits per heavy atom. The van der Waals surface area contributed by atoms with E-state index in [1.807, 2.05) is 41.6 Å². The van der Waals surface area contributed by atoms with Gasteiger partial charge in [0.05, 0.1) is 0 Å². The van der Waals surface area contributed by atoms with Crippen molar-refractivity contribution in [3.8, 4) is 0 Å². The average Bonchev–Trinajstić information content (AvgIpc) is 2.85. The fraction of sp³-hybridized carbons (Fsp3) is 0.250. The number of carbonyl (C=O) groups excluding carboxylic acids is 1. The maximum absolute atomic E-state index is 13.3. The van der Waals surface area contributed by atoms with Gasteiger partial charge < -0.3 is 9.47 Å². The van der Waals surface area contributed by atoms with Gasteiger partial charge in [0.25, 0.3) is 5.91 Å². The number of anilines is 1. The predicted molar refractivity (Wildman–Crippen MR) is 94.1 cm³/mol. The first-order valence-electron chi connectivity index (χ1n) is 8.12. The van der Waals surface area contributed by atoms with Crippen molar-refractivity contribution >= 4 is 22.5 Å². The number of rotatable bonds is 1. The molecule has 0 bridgehead atoms. The predicted octanol–water partition coefficient (Wildman–Crippen LogP) is 4.08. The van der Waals surface area contributed by atoms with Gasteiger partial charge in [-0.3, -0.25) is 4.79 Å². The second-order valence-electron chi connectivity index (χ2n) is 6.24. The van der Waals surface area contributed by atoms with Gasteiger partial charge in [0.1, 0.15) is 5.69 Å². The zero-order valence-electron chi connectivity index (χ0n) is 13.5. The lowest BCUT2D eigenvalue weighted by Crippen LogP contribution is -2.36. The maximum Gasteiger partial charge on any atom is 0.275 e.